The summed E-state index contributed by atoms with van der Waals surface area (Å²) < 4.78 is 37.7. The van der Waals surface area contributed by atoms with Gasteiger partial charge in [0.05, 0.1) is 10.7 Å². The Labute approximate surface area is 107 Å². The molecule has 3 atom stereocenters. The molecule has 1 fully saturated rings. The fourth-order valence-corrected chi connectivity index (χ4v) is 2.23. The Hall–Kier alpha value is -0.260. The SMILES string of the molecule is CCC(Br)C(=O)NC1CCCC(C(F)(F)F)C1. The molecule has 0 bridgehead atoms. The number of alkyl halides is 4. The van der Waals surface area contributed by atoms with Gasteiger partial charge in [0.2, 0.25) is 5.91 Å². The first-order chi connectivity index (χ1) is 7.84. The Kier molecular flexibility index (Phi) is 5.28. The molecule has 3 unspecified atom stereocenters. The second-order valence-corrected chi connectivity index (χ2v) is 5.59. The molecule has 0 saturated heterocycles. The summed E-state index contributed by atoms with van der Waals surface area (Å²) in [5, 5.41) is 2.69. The van der Waals surface area contributed by atoms with Gasteiger partial charge in [-0.25, -0.2) is 0 Å². The van der Waals surface area contributed by atoms with Crippen molar-refractivity contribution in [3.8, 4) is 0 Å². The van der Waals surface area contributed by atoms with Crippen LogP contribution in [0.3, 0.4) is 0 Å². The highest BCUT2D eigenvalue weighted by Crippen LogP contribution is 2.37. The van der Waals surface area contributed by atoms with E-state index in [1.165, 1.54) is 0 Å². The fourth-order valence-electron chi connectivity index (χ4n) is 2.10. The zero-order valence-electron chi connectivity index (χ0n) is 9.69. The lowest BCUT2D eigenvalue weighted by Gasteiger charge is -2.31. The number of hydrogen-bond donors (Lipinski definition) is 1. The van der Waals surface area contributed by atoms with E-state index in [1.807, 2.05) is 6.92 Å². The van der Waals surface area contributed by atoms with Gasteiger partial charge in [-0.1, -0.05) is 29.3 Å². The molecular formula is C11H17BrF3NO. The topological polar surface area (TPSA) is 29.1 Å². The van der Waals surface area contributed by atoms with Crippen molar-refractivity contribution in [1.29, 1.82) is 0 Å². The molecule has 100 valence electrons. The van der Waals surface area contributed by atoms with E-state index in [1.54, 1.807) is 0 Å². The highest BCUT2D eigenvalue weighted by Gasteiger charge is 2.42. The second-order valence-electron chi connectivity index (χ2n) is 4.49. The molecule has 2 nitrogen and oxygen atoms in total. The van der Waals surface area contributed by atoms with Gasteiger partial charge in [-0.15, -0.1) is 0 Å². The third kappa shape index (κ3) is 4.48. The summed E-state index contributed by atoms with van der Waals surface area (Å²) in [4.78, 5) is 11.2. The first-order valence-electron chi connectivity index (χ1n) is 5.85. The Morgan fingerprint density at radius 3 is 2.65 bits per heavy atom. The van der Waals surface area contributed by atoms with Crippen LogP contribution in [0.5, 0.6) is 0 Å². The molecule has 0 spiro atoms. The Morgan fingerprint density at radius 1 is 1.47 bits per heavy atom. The predicted octanol–water partition coefficient (Wildman–Crippen LogP) is 3.40. The highest BCUT2D eigenvalue weighted by molar-refractivity contribution is 9.10. The lowest BCUT2D eigenvalue weighted by atomic mass is 9.85. The van der Waals surface area contributed by atoms with Gasteiger partial charge in [-0.2, -0.15) is 13.2 Å². The average Bonchev–Trinajstić information content (AvgIpc) is 2.27. The molecule has 0 aromatic rings. The standard InChI is InChI=1S/C11H17BrF3NO/c1-2-9(12)10(17)16-8-5-3-4-7(6-8)11(13,14)15/h7-9H,2-6H2,1H3,(H,16,17). The number of amides is 1. The van der Waals surface area contributed by atoms with Crippen molar-refractivity contribution in [3.05, 3.63) is 0 Å². The molecule has 0 radical (unpaired) electrons. The van der Waals surface area contributed by atoms with E-state index >= 15 is 0 Å². The largest absolute Gasteiger partial charge is 0.391 e. The van der Waals surface area contributed by atoms with Crippen molar-refractivity contribution >= 4 is 21.8 Å². The van der Waals surface area contributed by atoms with Crippen LogP contribution in [0.25, 0.3) is 0 Å². The number of rotatable bonds is 3. The van der Waals surface area contributed by atoms with Crippen LogP contribution in [-0.2, 0) is 4.79 Å². The molecular weight excluding hydrogens is 299 g/mol. The summed E-state index contributed by atoms with van der Waals surface area (Å²) in [7, 11) is 0. The third-order valence-electron chi connectivity index (χ3n) is 3.13. The van der Waals surface area contributed by atoms with Gasteiger partial charge in [0.15, 0.2) is 0 Å². The zero-order chi connectivity index (χ0) is 13.1. The Bertz CT molecular complexity index is 270. The van der Waals surface area contributed by atoms with E-state index in [-0.39, 0.29) is 29.6 Å². The summed E-state index contributed by atoms with van der Waals surface area (Å²) in [6, 6.07) is -0.338. The number of halogens is 4. The van der Waals surface area contributed by atoms with Crippen LogP contribution in [0, 0.1) is 5.92 Å². The van der Waals surface area contributed by atoms with E-state index in [0.717, 1.165) is 0 Å². The zero-order valence-corrected chi connectivity index (χ0v) is 11.3. The van der Waals surface area contributed by atoms with Crippen molar-refractivity contribution < 1.29 is 18.0 Å². The van der Waals surface area contributed by atoms with Crippen LogP contribution < -0.4 is 5.32 Å². The van der Waals surface area contributed by atoms with Gasteiger partial charge < -0.3 is 5.32 Å². The summed E-state index contributed by atoms with van der Waals surface area (Å²) in [6.07, 6.45) is -2.15. The van der Waals surface area contributed by atoms with Crippen molar-refractivity contribution in [2.75, 3.05) is 0 Å². The number of carbonyl (C=O) groups excluding carboxylic acids is 1. The van der Waals surface area contributed by atoms with Crippen LogP contribution in [0.2, 0.25) is 0 Å². The van der Waals surface area contributed by atoms with Crippen LogP contribution in [0.15, 0.2) is 0 Å². The van der Waals surface area contributed by atoms with E-state index in [9.17, 15) is 18.0 Å². The smallest absolute Gasteiger partial charge is 0.352 e. The molecule has 1 aliphatic carbocycles. The number of nitrogens with one attached hydrogen (secondary N) is 1. The molecule has 1 aliphatic rings. The molecule has 0 aliphatic heterocycles. The van der Waals surface area contributed by atoms with Crippen LogP contribution in [0.4, 0.5) is 13.2 Å². The number of hydrogen-bond acceptors (Lipinski definition) is 1. The fraction of sp³-hybridized carbons (Fsp3) is 0.909. The molecule has 0 heterocycles. The van der Waals surface area contributed by atoms with E-state index in [2.05, 4.69) is 21.2 Å². The minimum atomic E-state index is -4.14. The van der Waals surface area contributed by atoms with Gasteiger partial charge in [-0.3, -0.25) is 4.79 Å². The lowest BCUT2D eigenvalue weighted by Crippen LogP contribution is -2.44. The maximum Gasteiger partial charge on any atom is 0.391 e. The monoisotopic (exact) mass is 315 g/mol. The van der Waals surface area contributed by atoms with Crippen molar-refractivity contribution in [3.63, 3.8) is 0 Å². The normalized spacial score (nSPS) is 27.6. The van der Waals surface area contributed by atoms with E-state index in [0.29, 0.717) is 19.3 Å². The summed E-state index contributed by atoms with van der Waals surface area (Å²) in [6.45, 7) is 1.85. The first-order valence-corrected chi connectivity index (χ1v) is 6.77. The van der Waals surface area contributed by atoms with Crippen molar-refractivity contribution in [2.24, 2.45) is 5.92 Å². The lowest BCUT2D eigenvalue weighted by molar-refractivity contribution is -0.184. The quantitative estimate of drug-likeness (QED) is 0.795. The molecule has 1 amide bonds. The van der Waals surface area contributed by atoms with Gasteiger partial charge in [0, 0.05) is 6.04 Å². The van der Waals surface area contributed by atoms with Crippen molar-refractivity contribution in [1.82, 2.24) is 5.32 Å². The third-order valence-corrected chi connectivity index (χ3v) is 4.19. The van der Waals surface area contributed by atoms with E-state index in [4.69, 9.17) is 0 Å². The van der Waals surface area contributed by atoms with Crippen LogP contribution in [-0.4, -0.2) is 23.0 Å². The van der Waals surface area contributed by atoms with E-state index < -0.39 is 12.1 Å². The van der Waals surface area contributed by atoms with Crippen LogP contribution in [0.1, 0.15) is 39.0 Å². The molecule has 1 saturated carbocycles. The predicted molar refractivity (Wildman–Crippen MR) is 62.9 cm³/mol. The molecule has 17 heavy (non-hydrogen) atoms. The molecule has 1 rings (SSSR count). The van der Waals surface area contributed by atoms with Crippen molar-refractivity contribution in [2.45, 2.75) is 56.1 Å². The minimum absolute atomic E-state index is 0.0126. The highest BCUT2D eigenvalue weighted by atomic mass is 79.9. The minimum Gasteiger partial charge on any atom is -0.352 e. The van der Waals surface area contributed by atoms with Gasteiger partial charge in [0.25, 0.3) is 0 Å². The number of carbonyl (C=O) groups is 1. The maximum atomic E-state index is 12.6. The van der Waals surface area contributed by atoms with Gasteiger partial charge in [0.1, 0.15) is 0 Å². The summed E-state index contributed by atoms with van der Waals surface area (Å²) >= 11 is 3.19. The molecule has 6 heteroatoms. The van der Waals surface area contributed by atoms with Gasteiger partial charge in [-0.05, 0) is 25.7 Å². The summed E-state index contributed by atoms with van der Waals surface area (Å²) in [5.41, 5.74) is 0. The molecule has 0 aromatic heterocycles. The second kappa shape index (κ2) is 6.07. The maximum absolute atomic E-state index is 12.6. The Balaban J connectivity index is 2.48. The summed E-state index contributed by atoms with van der Waals surface area (Å²) in [5.74, 6) is -1.47. The Morgan fingerprint density at radius 2 is 2.12 bits per heavy atom. The van der Waals surface area contributed by atoms with Gasteiger partial charge >= 0.3 is 6.18 Å². The molecule has 0 aromatic carbocycles. The first kappa shape index (κ1) is 14.8. The molecule has 1 N–H and O–H groups in total. The average molecular weight is 316 g/mol. The van der Waals surface area contributed by atoms with Crippen LogP contribution >= 0.6 is 15.9 Å².